The van der Waals surface area contributed by atoms with Crippen molar-refractivity contribution < 1.29 is 13.2 Å². The van der Waals surface area contributed by atoms with Crippen molar-refractivity contribution in [3.63, 3.8) is 0 Å². The molecule has 0 aliphatic carbocycles. The first-order valence-corrected chi connectivity index (χ1v) is 11.3. The van der Waals surface area contributed by atoms with E-state index in [1.807, 2.05) is 0 Å². The van der Waals surface area contributed by atoms with E-state index in [4.69, 9.17) is 23.2 Å². The van der Waals surface area contributed by atoms with Gasteiger partial charge < -0.3 is 10.2 Å². The van der Waals surface area contributed by atoms with E-state index in [1.165, 1.54) is 25.3 Å². The number of likely N-dealkylation sites (tertiary alicyclic amines) is 1. The van der Waals surface area contributed by atoms with Crippen molar-refractivity contribution in [3.05, 3.63) is 28.2 Å². The molecule has 26 heavy (non-hydrogen) atoms. The molecule has 1 saturated heterocycles. The van der Waals surface area contributed by atoms with E-state index in [1.54, 1.807) is 12.1 Å². The lowest BCUT2D eigenvalue weighted by atomic mass is 10.1. The van der Waals surface area contributed by atoms with E-state index in [0.717, 1.165) is 36.6 Å². The number of nitrogens with zero attached hydrogens (tertiary/aromatic N) is 2. The van der Waals surface area contributed by atoms with Gasteiger partial charge >= 0.3 is 0 Å². The van der Waals surface area contributed by atoms with Gasteiger partial charge in [0, 0.05) is 6.54 Å². The van der Waals surface area contributed by atoms with Crippen LogP contribution in [-0.4, -0.2) is 58.2 Å². The standard InChI is InChI=1S/C17H25Cl2N3O3S/c1-26(24,25)22(15-8-5-7-14(18)17(15)19)13-16(23)20-9-6-12-21-10-3-2-4-11-21/h5,7-8H,2-4,6,9-13H2,1H3,(H,20,23). The zero-order chi connectivity index (χ0) is 19.2. The molecule has 9 heteroatoms. The zero-order valence-electron chi connectivity index (χ0n) is 14.9. The molecule has 146 valence electrons. The highest BCUT2D eigenvalue weighted by molar-refractivity contribution is 7.92. The molecule has 1 aliphatic rings. The van der Waals surface area contributed by atoms with Gasteiger partial charge in [0.25, 0.3) is 0 Å². The van der Waals surface area contributed by atoms with Gasteiger partial charge in [-0.1, -0.05) is 35.7 Å². The van der Waals surface area contributed by atoms with Crippen molar-refractivity contribution in [3.8, 4) is 0 Å². The van der Waals surface area contributed by atoms with Gasteiger partial charge in [-0.3, -0.25) is 9.10 Å². The van der Waals surface area contributed by atoms with E-state index in [2.05, 4.69) is 10.2 Å². The lowest BCUT2D eigenvalue weighted by Crippen LogP contribution is -2.41. The SMILES string of the molecule is CS(=O)(=O)N(CC(=O)NCCCN1CCCCC1)c1cccc(Cl)c1Cl. The number of hydrogen-bond donors (Lipinski definition) is 1. The zero-order valence-corrected chi connectivity index (χ0v) is 17.2. The smallest absolute Gasteiger partial charge is 0.240 e. The number of amides is 1. The average Bonchev–Trinajstić information content (AvgIpc) is 2.59. The number of carbonyl (C=O) groups excluding carboxylic acids is 1. The van der Waals surface area contributed by atoms with Crippen LogP contribution in [0.5, 0.6) is 0 Å². The third-order valence-electron chi connectivity index (χ3n) is 4.31. The van der Waals surface area contributed by atoms with Crippen molar-refractivity contribution in [2.24, 2.45) is 0 Å². The topological polar surface area (TPSA) is 69.7 Å². The minimum atomic E-state index is -3.68. The van der Waals surface area contributed by atoms with Crippen LogP contribution in [0.3, 0.4) is 0 Å². The second-order valence-electron chi connectivity index (χ2n) is 6.45. The molecule has 1 heterocycles. The number of nitrogens with one attached hydrogen (secondary N) is 1. The number of halogens is 2. The Morgan fingerprint density at radius 2 is 1.92 bits per heavy atom. The lowest BCUT2D eigenvalue weighted by Gasteiger charge is -2.26. The van der Waals surface area contributed by atoms with Gasteiger partial charge in [-0.05, 0) is 51.0 Å². The molecule has 1 aromatic carbocycles. The number of carbonyl (C=O) groups is 1. The van der Waals surface area contributed by atoms with Gasteiger partial charge in [-0.2, -0.15) is 0 Å². The molecule has 0 spiro atoms. The summed E-state index contributed by atoms with van der Waals surface area (Å²) in [5.41, 5.74) is 0.199. The van der Waals surface area contributed by atoms with Crippen LogP contribution < -0.4 is 9.62 Å². The Bertz CT molecular complexity index is 722. The summed E-state index contributed by atoms with van der Waals surface area (Å²) in [6.07, 6.45) is 5.63. The Kier molecular flexibility index (Phi) is 8.01. The molecular weight excluding hydrogens is 397 g/mol. The molecule has 0 radical (unpaired) electrons. The normalized spacial score (nSPS) is 15.7. The Morgan fingerprint density at radius 1 is 1.23 bits per heavy atom. The molecule has 1 N–H and O–H groups in total. The Balaban J connectivity index is 1.89. The fourth-order valence-electron chi connectivity index (χ4n) is 2.97. The van der Waals surface area contributed by atoms with Crippen molar-refractivity contribution >= 4 is 44.8 Å². The van der Waals surface area contributed by atoms with Crippen molar-refractivity contribution in [2.75, 3.05) is 43.3 Å². The average molecular weight is 422 g/mol. The fraction of sp³-hybridized carbons (Fsp3) is 0.588. The first-order valence-electron chi connectivity index (χ1n) is 8.70. The molecule has 1 amide bonds. The number of anilines is 1. The highest BCUT2D eigenvalue weighted by atomic mass is 35.5. The predicted octanol–water partition coefficient (Wildman–Crippen LogP) is 2.75. The molecule has 0 bridgehead atoms. The first-order chi connectivity index (χ1) is 12.3. The molecule has 1 aliphatic heterocycles. The maximum Gasteiger partial charge on any atom is 0.240 e. The van der Waals surface area contributed by atoms with Gasteiger partial charge in [0.05, 0.1) is 22.0 Å². The molecule has 0 atom stereocenters. The number of benzene rings is 1. The third-order valence-corrected chi connectivity index (χ3v) is 6.24. The van der Waals surface area contributed by atoms with E-state index >= 15 is 0 Å². The highest BCUT2D eigenvalue weighted by Gasteiger charge is 2.23. The van der Waals surface area contributed by atoms with Crippen LogP contribution in [-0.2, 0) is 14.8 Å². The second-order valence-corrected chi connectivity index (χ2v) is 9.14. The van der Waals surface area contributed by atoms with E-state index in [9.17, 15) is 13.2 Å². The number of rotatable bonds is 8. The highest BCUT2D eigenvalue weighted by Crippen LogP contribution is 2.33. The first kappa shape index (κ1) is 21.3. The van der Waals surface area contributed by atoms with E-state index in [-0.39, 0.29) is 28.2 Å². The minimum absolute atomic E-state index is 0.109. The second kappa shape index (κ2) is 9.78. The van der Waals surface area contributed by atoms with Crippen LogP contribution in [0.25, 0.3) is 0 Å². The summed E-state index contributed by atoms with van der Waals surface area (Å²) in [5.74, 6) is -0.370. The Hall–Kier alpha value is -1.02. The number of piperidine rings is 1. The summed E-state index contributed by atoms with van der Waals surface area (Å²) >= 11 is 12.1. The van der Waals surface area contributed by atoms with Crippen LogP contribution >= 0.6 is 23.2 Å². The Labute approximate surface area is 165 Å². The molecule has 0 unspecified atom stereocenters. The quantitative estimate of drug-likeness (QED) is 0.655. The number of sulfonamides is 1. The minimum Gasteiger partial charge on any atom is -0.354 e. The monoisotopic (exact) mass is 421 g/mol. The molecule has 0 aromatic heterocycles. The van der Waals surface area contributed by atoms with Crippen LogP contribution in [0.4, 0.5) is 5.69 Å². The summed E-state index contributed by atoms with van der Waals surface area (Å²) < 4.78 is 25.2. The molecule has 1 aromatic rings. The maximum atomic E-state index is 12.2. The Morgan fingerprint density at radius 3 is 2.58 bits per heavy atom. The van der Waals surface area contributed by atoms with Gasteiger partial charge in [0.2, 0.25) is 15.9 Å². The molecule has 2 rings (SSSR count). The van der Waals surface area contributed by atoms with Gasteiger partial charge in [0.15, 0.2) is 0 Å². The van der Waals surface area contributed by atoms with E-state index < -0.39 is 10.0 Å². The van der Waals surface area contributed by atoms with Crippen LogP contribution in [0.2, 0.25) is 10.0 Å². The summed E-state index contributed by atoms with van der Waals surface area (Å²) in [5, 5.41) is 3.13. The third kappa shape index (κ3) is 6.30. The van der Waals surface area contributed by atoms with Crippen LogP contribution in [0.1, 0.15) is 25.7 Å². The fourth-order valence-corrected chi connectivity index (χ4v) is 4.27. The largest absolute Gasteiger partial charge is 0.354 e. The van der Waals surface area contributed by atoms with Gasteiger partial charge in [-0.25, -0.2) is 8.42 Å². The number of hydrogen-bond acceptors (Lipinski definition) is 4. The predicted molar refractivity (Wildman–Crippen MR) is 107 cm³/mol. The van der Waals surface area contributed by atoms with Crippen LogP contribution in [0.15, 0.2) is 18.2 Å². The summed E-state index contributed by atoms with van der Waals surface area (Å²) in [7, 11) is -3.68. The van der Waals surface area contributed by atoms with Gasteiger partial charge in [-0.15, -0.1) is 0 Å². The summed E-state index contributed by atoms with van der Waals surface area (Å²) in [6.45, 7) is 3.35. The summed E-state index contributed by atoms with van der Waals surface area (Å²) in [6, 6.07) is 4.69. The molecule has 1 fully saturated rings. The van der Waals surface area contributed by atoms with Crippen molar-refractivity contribution in [2.45, 2.75) is 25.7 Å². The van der Waals surface area contributed by atoms with Gasteiger partial charge in [0.1, 0.15) is 6.54 Å². The van der Waals surface area contributed by atoms with Crippen molar-refractivity contribution in [1.82, 2.24) is 10.2 Å². The lowest BCUT2D eigenvalue weighted by molar-refractivity contribution is -0.119. The molecule has 0 saturated carbocycles. The summed E-state index contributed by atoms with van der Waals surface area (Å²) in [4.78, 5) is 14.6. The molecule has 6 nitrogen and oxygen atoms in total. The van der Waals surface area contributed by atoms with Crippen molar-refractivity contribution in [1.29, 1.82) is 0 Å². The molecular formula is C17H25Cl2N3O3S. The maximum absolute atomic E-state index is 12.2. The van der Waals surface area contributed by atoms with Crippen LogP contribution in [0, 0.1) is 0 Å². The van der Waals surface area contributed by atoms with E-state index in [0.29, 0.717) is 6.54 Å².